The highest BCUT2D eigenvalue weighted by molar-refractivity contribution is 5.77. The quantitative estimate of drug-likeness (QED) is 0.602. The molecule has 1 heterocycles. The van der Waals surface area contributed by atoms with Crippen molar-refractivity contribution >= 4 is 6.29 Å². The Labute approximate surface area is 112 Å². The maximum Gasteiger partial charge on any atom is 0.416 e. The zero-order chi connectivity index (χ0) is 15.1. The largest absolute Gasteiger partial charge is 0.416 e. The van der Waals surface area contributed by atoms with Crippen LogP contribution >= 0.6 is 0 Å². The van der Waals surface area contributed by atoms with E-state index in [1.54, 1.807) is 13.8 Å². The average Bonchev–Trinajstić information content (AvgIpc) is 2.64. The Kier molecular flexibility index (Phi) is 3.41. The standard InChI is InChI=1S/C14H11F4NO/c1-8-5-10(7-20)9(2)19(8)13-6-11(14(16,17)18)3-4-12(13)15/h3-7H,1-2H3. The number of halogens is 4. The SMILES string of the molecule is Cc1cc(C=O)c(C)n1-c1cc(C(F)(F)F)ccc1F. The van der Waals surface area contributed by atoms with Crippen molar-refractivity contribution in [3.8, 4) is 5.69 Å². The van der Waals surface area contributed by atoms with Gasteiger partial charge in [-0.15, -0.1) is 0 Å². The molecular weight excluding hydrogens is 274 g/mol. The van der Waals surface area contributed by atoms with Gasteiger partial charge in [0, 0.05) is 17.0 Å². The van der Waals surface area contributed by atoms with Gasteiger partial charge in [0.1, 0.15) is 5.82 Å². The predicted octanol–water partition coefficient (Wildman–Crippen LogP) is 4.06. The van der Waals surface area contributed by atoms with E-state index >= 15 is 0 Å². The maximum absolute atomic E-state index is 13.8. The monoisotopic (exact) mass is 285 g/mol. The first-order valence-electron chi connectivity index (χ1n) is 5.77. The van der Waals surface area contributed by atoms with Gasteiger partial charge < -0.3 is 4.57 Å². The third-order valence-corrected chi connectivity index (χ3v) is 3.11. The fourth-order valence-corrected chi connectivity index (χ4v) is 2.14. The predicted molar refractivity (Wildman–Crippen MR) is 65.6 cm³/mol. The first-order chi connectivity index (χ1) is 9.25. The van der Waals surface area contributed by atoms with E-state index in [0.717, 1.165) is 12.1 Å². The molecule has 0 spiro atoms. The van der Waals surface area contributed by atoms with Gasteiger partial charge in [0.25, 0.3) is 0 Å². The Morgan fingerprint density at radius 3 is 2.30 bits per heavy atom. The number of nitrogens with zero attached hydrogens (tertiary/aromatic N) is 1. The van der Waals surface area contributed by atoms with Crippen LogP contribution in [0.25, 0.3) is 5.69 Å². The minimum Gasteiger partial charge on any atom is -0.315 e. The Bertz CT molecular complexity index is 671. The molecule has 0 aliphatic heterocycles. The number of carbonyl (C=O) groups excluding carboxylic acids is 1. The summed E-state index contributed by atoms with van der Waals surface area (Å²) in [6, 6.07) is 3.71. The minimum atomic E-state index is -4.55. The Balaban J connectivity index is 2.70. The van der Waals surface area contributed by atoms with Crippen molar-refractivity contribution in [1.82, 2.24) is 4.57 Å². The van der Waals surface area contributed by atoms with Crippen LogP contribution in [0, 0.1) is 19.7 Å². The van der Waals surface area contributed by atoms with Crippen LogP contribution in [0.15, 0.2) is 24.3 Å². The summed E-state index contributed by atoms with van der Waals surface area (Å²) in [6.45, 7) is 3.15. The van der Waals surface area contributed by atoms with Crippen molar-refractivity contribution in [2.24, 2.45) is 0 Å². The highest BCUT2D eigenvalue weighted by Gasteiger charge is 2.31. The molecule has 106 valence electrons. The molecule has 0 saturated carbocycles. The highest BCUT2D eigenvalue weighted by atomic mass is 19.4. The molecule has 0 unspecified atom stereocenters. The molecule has 2 rings (SSSR count). The van der Waals surface area contributed by atoms with Gasteiger partial charge in [0.2, 0.25) is 0 Å². The van der Waals surface area contributed by atoms with Crippen molar-refractivity contribution in [3.63, 3.8) is 0 Å². The van der Waals surface area contributed by atoms with Crippen LogP contribution < -0.4 is 0 Å². The summed E-state index contributed by atoms with van der Waals surface area (Å²) in [7, 11) is 0. The van der Waals surface area contributed by atoms with E-state index in [9.17, 15) is 22.4 Å². The second-order valence-electron chi connectivity index (χ2n) is 4.44. The zero-order valence-electron chi connectivity index (χ0n) is 10.8. The summed E-state index contributed by atoms with van der Waals surface area (Å²) in [6.07, 6.45) is -3.96. The van der Waals surface area contributed by atoms with Crippen molar-refractivity contribution in [3.05, 3.63) is 52.6 Å². The van der Waals surface area contributed by atoms with Gasteiger partial charge in [-0.3, -0.25) is 4.79 Å². The van der Waals surface area contributed by atoms with Gasteiger partial charge in [-0.1, -0.05) is 0 Å². The number of alkyl halides is 3. The molecule has 0 amide bonds. The summed E-state index contributed by atoms with van der Waals surface area (Å²) >= 11 is 0. The van der Waals surface area contributed by atoms with E-state index < -0.39 is 17.6 Å². The Morgan fingerprint density at radius 1 is 1.15 bits per heavy atom. The molecule has 0 N–H and O–H groups in total. The third kappa shape index (κ3) is 2.33. The van der Waals surface area contributed by atoms with E-state index in [0.29, 0.717) is 29.3 Å². The molecule has 2 aromatic rings. The molecule has 0 aliphatic carbocycles. The molecule has 0 bridgehead atoms. The zero-order valence-corrected chi connectivity index (χ0v) is 10.8. The fraction of sp³-hybridized carbons (Fsp3) is 0.214. The van der Waals surface area contributed by atoms with Gasteiger partial charge >= 0.3 is 6.18 Å². The average molecular weight is 285 g/mol. The molecule has 1 aromatic carbocycles. The second-order valence-corrected chi connectivity index (χ2v) is 4.44. The number of aromatic nitrogens is 1. The van der Waals surface area contributed by atoms with Gasteiger partial charge in [-0.2, -0.15) is 13.2 Å². The summed E-state index contributed by atoms with van der Waals surface area (Å²) < 4.78 is 53.2. The lowest BCUT2D eigenvalue weighted by atomic mass is 10.1. The maximum atomic E-state index is 13.8. The molecule has 0 radical (unpaired) electrons. The molecular formula is C14H11F4NO. The van der Waals surface area contributed by atoms with Gasteiger partial charge in [-0.25, -0.2) is 4.39 Å². The summed E-state index contributed by atoms with van der Waals surface area (Å²) in [5.41, 5.74) is 0.0508. The first-order valence-corrected chi connectivity index (χ1v) is 5.77. The fourth-order valence-electron chi connectivity index (χ4n) is 2.14. The lowest BCUT2D eigenvalue weighted by molar-refractivity contribution is -0.137. The van der Waals surface area contributed by atoms with Gasteiger partial charge in [-0.05, 0) is 38.1 Å². The number of aryl methyl sites for hydroxylation is 1. The van der Waals surface area contributed by atoms with E-state index in [2.05, 4.69) is 0 Å². The molecule has 2 nitrogen and oxygen atoms in total. The van der Waals surface area contributed by atoms with Crippen LogP contribution in [0.1, 0.15) is 27.3 Å². The lowest BCUT2D eigenvalue weighted by Crippen LogP contribution is -2.09. The van der Waals surface area contributed by atoms with Gasteiger partial charge in [0.15, 0.2) is 6.29 Å². The topological polar surface area (TPSA) is 22.0 Å². The van der Waals surface area contributed by atoms with E-state index in [1.807, 2.05) is 0 Å². The van der Waals surface area contributed by atoms with Crippen molar-refractivity contribution in [2.75, 3.05) is 0 Å². The number of benzene rings is 1. The van der Waals surface area contributed by atoms with Crippen molar-refractivity contribution < 1.29 is 22.4 Å². The minimum absolute atomic E-state index is 0.220. The summed E-state index contributed by atoms with van der Waals surface area (Å²) in [5, 5.41) is 0. The third-order valence-electron chi connectivity index (χ3n) is 3.11. The van der Waals surface area contributed by atoms with E-state index in [4.69, 9.17) is 0 Å². The van der Waals surface area contributed by atoms with Crippen LogP contribution in [0.4, 0.5) is 17.6 Å². The number of aldehydes is 1. The Morgan fingerprint density at radius 2 is 1.80 bits per heavy atom. The van der Waals surface area contributed by atoms with Crippen LogP contribution in [-0.4, -0.2) is 10.9 Å². The lowest BCUT2D eigenvalue weighted by Gasteiger charge is -2.14. The van der Waals surface area contributed by atoms with Crippen LogP contribution in [0.3, 0.4) is 0 Å². The van der Waals surface area contributed by atoms with Crippen LogP contribution in [0.5, 0.6) is 0 Å². The van der Waals surface area contributed by atoms with Crippen molar-refractivity contribution in [1.29, 1.82) is 0 Å². The van der Waals surface area contributed by atoms with Gasteiger partial charge in [0.05, 0.1) is 11.3 Å². The molecule has 0 fully saturated rings. The molecule has 0 saturated heterocycles. The van der Waals surface area contributed by atoms with Crippen LogP contribution in [-0.2, 0) is 6.18 Å². The number of rotatable bonds is 2. The molecule has 20 heavy (non-hydrogen) atoms. The summed E-state index contributed by atoms with van der Waals surface area (Å²) in [4.78, 5) is 10.8. The Hall–Kier alpha value is -2.11. The molecule has 1 aromatic heterocycles. The molecule has 0 aliphatic rings. The van der Waals surface area contributed by atoms with E-state index in [1.165, 1.54) is 10.6 Å². The molecule has 0 atom stereocenters. The first kappa shape index (κ1) is 14.3. The molecule has 6 heteroatoms. The van der Waals surface area contributed by atoms with E-state index in [-0.39, 0.29) is 5.69 Å². The number of hydrogen-bond donors (Lipinski definition) is 0. The number of hydrogen-bond acceptors (Lipinski definition) is 1. The van der Waals surface area contributed by atoms with Crippen molar-refractivity contribution in [2.45, 2.75) is 20.0 Å². The summed E-state index contributed by atoms with van der Waals surface area (Å²) in [5.74, 6) is -0.780. The smallest absolute Gasteiger partial charge is 0.315 e. The normalized spacial score (nSPS) is 11.7. The second kappa shape index (κ2) is 4.77. The number of carbonyl (C=O) groups is 1. The van der Waals surface area contributed by atoms with Crippen LogP contribution in [0.2, 0.25) is 0 Å². The highest BCUT2D eigenvalue weighted by Crippen LogP contribution is 2.32.